The molecule has 6 heteroatoms. The maximum atomic E-state index is 12.7. The van der Waals surface area contributed by atoms with Crippen molar-refractivity contribution in [3.63, 3.8) is 0 Å². The van der Waals surface area contributed by atoms with Gasteiger partial charge in [0.15, 0.2) is 0 Å². The first-order valence-corrected chi connectivity index (χ1v) is 8.75. The number of amides is 1. The molecule has 2 N–H and O–H groups in total. The Kier molecular flexibility index (Phi) is 5.06. The van der Waals surface area contributed by atoms with Gasteiger partial charge in [0.05, 0.1) is 11.2 Å². The van der Waals surface area contributed by atoms with Crippen molar-refractivity contribution in [2.75, 3.05) is 19.8 Å². The summed E-state index contributed by atoms with van der Waals surface area (Å²) in [6.45, 7) is 6.03. The molecule has 1 unspecified atom stereocenters. The third kappa shape index (κ3) is 3.70. The number of nitrogens with one attached hydrogen (secondary N) is 2. The van der Waals surface area contributed by atoms with Crippen LogP contribution in [0, 0.1) is 0 Å². The number of hydrogen-bond acceptors (Lipinski definition) is 4. The van der Waals surface area contributed by atoms with Crippen LogP contribution in [0.3, 0.4) is 0 Å². The van der Waals surface area contributed by atoms with Crippen molar-refractivity contribution in [2.24, 2.45) is 0 Å². The third-order valence-corrected chi connectivity index (χ3v) is 5.00. The molecule has 0 aromatic carbocycles. The van der Waals surface area contributed by atoms with E-state index in [1.165, 1.54) is 6.07 Å². The SMILES string of the molecule is CC(C)c1[nH]c(=O)ccc1C(=O)NC1CCOC2(CCOCC2)C1. The minimum Gasteiger partial charge on any atom is -0.381 e. The molecule has 0 saturated carbocycles. The van der Waals surface area contributed by atoms with E-state index in [-0.39, 0.29) is 29.0 Å². The summed E-state index contributed by atoms with van der Waals surface area (Å²) in [7, 11) is 0. The van der Waals surface area contributed by atoms with Gasteiger partial charge in [0.2, 0.25) is 5.56 Å². The van der Waals surface area contributed by atoms with Gasteiger partial charge >= 0.3 is 0 Å². The summed E-state index contributed by atoms with van der Waals surface area (Å²) in [5.74, 6) is -0.0414. The van der Waals surface area contributed by atoms with E-state index in [0.29, 0.717) is 17.9 Å². The van der Waals surface area contributed by atoms with Crippen molar-refractivity contribution in [3.05, 3.63) is 33.7 Å². The molecular weight excluding hydrogens is 308 g/mol. The third-order valence-electron chi connectivity index (χ3n) is 5.00. The fourth-order valence-electron chi connectivity index (χ4n) is 3.65. The molecule has 0 aliphatic carbocycles. The molecule has 1 atom stereocenters. The van der Waals surface area contributed by atoms with E-state index in [0.717, 1.165) is 38.9 Å². The van der Waals surface area contributed by atoms with E-state index in [4.69, 9.17) is 9.47 Å². The maximum absolute atomic E-state index is 12.7. The molecule has 3 rings (SSSR count). The van der Waals surface area contributed by atoms with Crippen molar-refractivity contribution >= 4 is 5.91 Å². The average Bonchev–Trinajstić information content (AvgIpc) is 2.55. The van der Waals surface area contributed by atoms with Crippen molar-refractivity contribution in [2.45, 2.75) is 57.1 Å². The summed E-state index contributed by atoms with van der Waals surface area (Å²) in [4.78, 5) is 27.1. The maximum Gasteiger partial charge on any atom is 0.253 e. The van der Waals surface area contributed by atoms with E-state index in [1.807, 2.05) is 13.8 Å². The zero-order valence-corrected chi connectivity index (χ0v) is 14.4. The van der Waals surface area contributed by atoms with E-state index in [2.05, 4.69) is 10.3 Å². The van der Waals surface area contributed by atoms with Crippen LogP contribution in [-0.2, 0) is 9.47 Å². The zero-order valence-electron chi connectivity index (χ0n) is 14.4. The first-order valence-electron chi connectivity index (χ1n) is 8.75. The van der Waals surface area contributed by atoms with Gasteiger partial charge in [0.25, 0.3) is 5.91 Å². The number of rotatable bonds is 3. The quantitative estimate of drug-likeness (QED) is 0.885. The van der Waals surface area contributed by atoms with Crippen LogP contribution >= 0.6 is 0 Å². The summed E-state index contributed by atoms with van der Waals surface area (Å²) in [6, 6.07) is 3.12. The van der Waals surface area contributed by atoms with E-state index >= 15 is 0 Å². The molecule has 24 heavy (non-hydrogen) atoms. The number of aromatic nitrogens is 1. The van der Waals surface area contributed by atoms with Crippen LogP contribution in [0.4, 0.5) is 0 Å². The van der Waals surface area contributed by atoms with Crippen molar-refractivity contribution in [3.8, 4) is 0 Å². The predicted molar refractivity (Wildman–Crippen MR) is 90.4 cm³/mol. The molecule has 132 valence electrons. The zero-order chi connectivity index (χ0) is 17.2. The lowest BCUT2D eigenvalue weighted by Crippen LogP contribution is -2.51. The Morgan fingerprint density at radius 3 is 2.75 bits per heavy atom. The molecule has 2 aliphatic heterocycles. The largest absolute Gasteiger partial charge is 0.381 e. The highest BCUT2D eigenvalue weighted by atomic mass is 16.5. The van der Waals surface area contributed by atoms with Gasteiger partial charge in [-0.05, 0) is 37.7 Å². The van der Waals surface area contributed by atoms with Crippen molar-refractivity contribution < 1.29 is 14.3 Å². The lowest BCUT2D eigenvalue weighted by Gasteiger charge is -2.43. The molecule has 1 spiro atoms. The Morgan fingerprint density at radius 1 is 1.29 bits per heavy atom. The van der Waals surface area contributed by atoms with Crippen LogP contribution in [0.25, 0.3) is 0 Å². The van der Waals surface area contributed by atoms with Crippen LogP contribution in [0.1, 0.15) is 61.5 Å². The monoisotopic (exact) mass is 334 g/mol. The van der Waals surface area contributed by atoms with Crippen LogP contribution in [0.2, 0.25) is 0 Å². The molecule has 1 aromatic rings. The molecule has 6 nitrogen and oxygen atoms in total. The summed E-state index contributed by atoms with van der Waals surface area (Å²) in [6.07, 6.45) is 3.40. The molecule has 0 radical (unpaired) electrons. The Bertz CT molecular complexity index is 641. The van der Waals surface area contributed by atoms with Gasteiger partial charge in [-0.2, -0.15) is 0 Å². The van der Waals surface area contributed by atoms with Gasteiger partial charge in [-0.25, -0.2) is 0 Å². The first-order chi connectivity index (χ1) is 11.5. The van der Waals surface area contributed by atoms with Crippen molar-refractivity contribution in [1.29, 1.82) is 0 Å². The average molecular weight is 334 g/mol. The van der Waals surface area contributed by atoms with Gasteiger partial charge < -0.3 is 19.8 Å². The second-order valence-electron chi connectivity index (χ2n) is 7.11. The Labute approximate surface area is 141 Å². The Hall–Kier alpha value is -1.66. The van der Waals surface area contributed by atoms with Crippen molar-refractivity contribution in [1.82, 2.24) is 10.3 Å². The fraction of sp³-hybridized carbons (Fsp3) is 0.667. The van der Waals surface area contributed by atoms with Gasteiger partial charge in [-0.3, -0.25) is 9.59 Å². The summed E-state index contributed by atoms with van der Waals surface area (Å²) in [5, 5.41) is 3.14. The number of hydrogen-bond donors (Lipinski definition) is 2. The molecule has 0 bridgehead atoms. The predicted octanol–water partition coefficient (Wildman–Crippen LogP) is 1.96. The van der Waals surface area contributed by atoms with E-state index < -0.39 is 0 Å². The lowest BCUT2D eigenvalue weighted by molar-refractivity contribution is -0.139. The van der Waals surface area contributed by atoms with Crippen LogP contribution in [0.15, 0.2) is 16.9 Å². The number of carbonyl (C=O) groups is 1. The van der Waals surface area contributed by atoms with Crippen LogP contribution in [0.5, 0.6) is 0 Å². The molecule has 1 aromatic heterocycles. The lowest BCUT2D eigenvalue weighted by atomic mass is 9.84. The molecule has 2 fully saturated rings. The number of H-pyrrole nitrogens is 1. The summed E-state index contributed by atoms with van der Waals surface area (Å²) >= 11 is 0. The van der Waals surface area contributed by atoms with E-state index in [1.54, 1.807) is 6.07 Å². The molecule has 2 saturated heterocycles. The Balaban J connectivity index is 1.72. The van der Waals surface area contributed by atoms with Gasteiger partial charge in [0, 0.05) is 37.6 Å². The summed E-state index contributed by atoms with van der Waals surface area (Å²) in [5.41, 5.74) is 0.910. The second kappa shape index (κ2) is 7.07. The number of ether oxygens (including phenoxy) is 2. The standard InChI is InChI=1S/C18H26N2O4/c1-12(2)16-14(3-4-15(21)20-16)17(22)19-13-5-8-24-18(11-13)6-9-23-10-7-18/h3-4,12-13H,5-11H2,1-2H3,(H,19,22)(H,20,21). The number of aromatic amines is 1. The molecular formula is C18H26N2O4. The highest BCUT2D eigenvalue weighted by molar-refractivity contribution is 5.95. The first kappa shape index (κ1) is 17.2. The number of carbonyl (C=O) groups excluding carboxylic acids is 1. The second-order valence-corrected chi connectivity index (χ2v) is 7.11. The fourth-order valence-corrected chi connectivity index (χ4v) is 3.65. The highest BCUT2D eigenvalue weighted by Crippen LogP contribution is 2.34. The number of pyridine rings is 1. The molecule has 1 amide bonds. The summed E-state index contributed by atoms with van der Waals surface area (Å²) < 4.78 is 11.5. The van der Waals surface area contributed by atoms with Crippen LogP contribution in [-0.4, -0.2) is 42.4 Å². The van der Waals surface area contributed by atoms with Crippen LogP contribution < -0.4 is 10.9 Å². The molecule has 3 heterocycles. The normalized spacial score (nSPS) is 23.4. The van der Waals surface area contributed by atoms with E-state index in [9.17, 15) is 9.59 Å². The minimum atomic E-state index is -0.178. The van der Waals surface area contributed by atoms with Gasteiger partial charge in [0.1, 0.15) is 0 Å². The van der Waals surface area contributed by atoms with Gasteiger partial charge in [-0.15, -0.1) is 0 Å². The minimum absolute atomic E-state index is 0.0798. The highest BCUT2D eigenvalue weighted by Gasteiger charge is 2.39. The topological polar surface area (TPSA) is 80.4 Å². The molecule has 2 aliphatic rings. The Morgan fingerprint density at radius 2 is 2.04 bits per heavy atom. The smallest absolute Gasteiger partial charge is 0.253 e. The van der Waals surface area contributed by atoms with Gasteiger partial charge in [-0.1, -0.05) is 13.8 Å².